The fourth-order valence-electron chi connectivity index (χ4n) is 3.99. The Morgan fingerprint density at radius 1 is 1.29 bits per heavy atom. The van der Waals surface area contributed by atoms with Gasteiger partial charge < -0.3 is 9.47 Å². The maximum atomic E-state index is 14.8. The Kier molecular flexibility index (Phi) is 5.57. The molecule has 2 atom stereocenters. The van der Waals surface area contributed by atoms with Gasteiger partial charge in [0.2, 0.25) is 0 Å². The van der Waals surface area contributed by atoms with Crippen LogP contribution in [-0.4, -0.2) is 29.5 Å². The third-order valence-corrected chi connectivity index (χ3v) is 5.65. The summed E-state index contributed by atoms with van der Waals surface area (Å²) in [6, 6.07) is 5.31. The highest BCUT2D eigenvalue weighted by molar-refractivity contribution is 5.76. The number of benzene rings is 1. The van der Waals surface area contributed by atoms with Gasteiger partial charge in [0.15, 0.2) is 0 Å². The van der Waals surface area contributed by atoms with Crippen LogP contribution in [0.2, 0.25) is 0 Å². The van der Waals surface area contributed by atoms with Gasteiger partial charge in [-0.2, -0.15) is 5.10 Å². The van der Waals surface area contributed by atoms with Crippen molar-refractivity contribution in [2.75, 3.05) is 13.7 Å². The van der Waals surface area contributed by atoms with Crippen molar-refractivity contribution in [2.45, 2.75) is 44.8 Å². The van der Waals surface area contributed by atoms with Crippen LogP contribution in [0.1, 0.15) is 50.3 Å². The molecule has 0 bridgehead atoms. The zero-order chi connectivity index (χ0) is 19.5. The number of allylic oxidation sites excluding steroid dienone is 2. The van der Waals surface area contributed by atoms with Gasteiger partial charge in [-0.25, -0.2) is 9.07 Å². The molecule has 148 valence electrons. The Morgan fingerprint density at radius 2 is 2.18 bits per heavy atom. The molecule has 0 spiro atoms. The number of hydrogen-bond donors (Lipinski definition) is 0. The normalized spacial score (nSPS) is 22.6. The Balaban J connectivity index is 1.50. The van der Waals surface area contributed by atoms with Crippen LogP contribution in [-0.2, 0) is 14.3 Å². The largest absolute Gasteiger partial charge is 0.469 e. The molecule has 1 aliphatic heterocycles. The van der Waals surface area contributed by atoms with Crippen LogP contribution in [0.4, 0.5) is 4.39 Å². The molecule has 1 aromatic heterocycles. The van der Waals surface area contributed by atoms with Crippen molar-refractivity contribution in [2.24, 2.45) is 5.92 Å². The third kappa shape index (κ3) is 3.87. The lowest BCUT2D eigenvalue weighted by molar-refractivity contribution is -0.145. The van der Waals surface area contributed by atoms with Crippen LogP contribution in [0.15, 0.2) is 36.7 Å². The standard InChI is InChI=1S/C22H25FN2O3/c1-27-22(26)16-7-5-15(6-8-16)19-10-9-17(12-20(19)23)18-13-24-25(14-18)21-4-2-3-11-28-21/h5,9-10,12-14,16,21H,2-4,6-8,11H2,1H3. The number of halogens is 1. The van der Waals surface area contributed by atoms with Gasteiger partial charge in [-0.05, 0) is 55.7 Å². The lowest BCUT2D eigenvalue weighted by Crippen LogP contribution is -2.18. The van der Waals surface area contributed by atoms with Crippen LogP contribution in [0.5, 0.6) is 0 Å². The summed E-state index contributed by atoms with van der Waals surface area (Å²) in [6.45, 7) is 0.759. The van der Waals surface area contributed by atoms with E-state index >= 15 is 0 Å². The minimum Gasteiger partial charge on any atom is -0.469 e. The summed E-state index contributed by atoms with van der Waals surface area (Å²) in [4.78, 5) is 11.7. The molecule has 28 heavy (non-hydrogen) atoms. The van der Waals surface area contributed by atoms with Gasteiger partial charge in [0.25, 0.3) is 0 Å². The quantitative estimate of drug-likeness (QED) is 0.714. The van der Waals surface area contributed by atoms with Crippen LogP contribution >= 0.6 is 0 Å². The summed E-state index contributed by atoms with van der Waals surface area (Å²) >= 11 is 0. The molecule has 6 heteroatoms. The molecule has 1 fully saturated rings. The van der Waals surface area contributed by atoms with Crippen molar-refractivity contribution < 1.29 is 18.7 Å². The van der Waals surface area contributed by atoms with E-state index in [2.05, 4.69) is 5.10 Å². The van der Waals surface area contributed by atoms with Crippen molar-refractivity contribution in [3.05, 3.63) is 48.0 Å². The second kappa shape index (κ2) is 8.27. The van der Waals surface area contributed by atoms with Gasteiger partial charge in [0.1, 0.15) is 12.0 Å². The number of ether oxygens (including phenoxy) is 2. The van der Waals surface area contributed by atoms with Crippen LogP contribution in [0, 0.1) is 11.7 Å². The molecule has 5 nitrogen and oxygen atoms in total. The van der Waals surface area contributed by atoms with E-state index in [4.69, 9.17) is 9.47 Å². The minimum absolute atomic E-state index is 0.0261. The topological polar surface area (TPSA) is 53.3 Å². The van der Waals surface area contributed by atoms with Gasteiger partial charge in [0, 0.05) is 23.9 Å². The van der Waals surface area contributed by atoms with Gasteiger partial charge >= 0.3 is 5.97 Å². The minimum atomic E-state index is -0.248. The molecule has 4 rings (SSSR count). The predicted octanol–water partition coefficient (Wildman–Crippen LogP) is 4.74. The number of carbonyl (C=O) groups excluding carboxylic acids is 1. The first-order valence-corrected chi connectivity index (χ1v) is 9.88. The SMILES string of the molecule is COC(=O)C1CC=C(c2ccc(-c3cnn(C4CCCCO4)c3)cc2F)CC1. The van der Waals surface area contributed by atoms with Gasteiger partial charge in [-0.3, -0.25) is 4.79 Å². The second-order valence-electron chi connectivity index (χ2n) is 7.45. The highest BCUT2D eigenvalue weighted by Gasteiger charge is 2.24. The number of rotatable bonds is 4. The Labute approximate surface area is 164 Å². The number of esters is 1. The Bertz CT molecular complexity index is 884. The summed E-state index contributed by atoms with van der Waals surface area (Å²) in [6.07, 6.45) is 10.7. The zero-order valence-corrected chi connectivity index (χ0v) is 16.1. The molecular weight excluding hydrogens is 359 g/mol. The summed E-state index contributed by atoms with van der Waals surface area (Å²) < 4.78 is 27.2. The molecule has 1 aromatic carbocycles. The van der Waals surface area contributed by atoms with E-state index in [-0.39, 0.29) is 23.9 Å². The van der Waals surface area contributed by atoms with Crippen LogP contribution in [0.3, 0.4) is 0 Å². The average Bonchev–Trinajstić information content (AvgIpc) is 3.24. The molecule has 1 aliphatic carbocycles. The molecule has 0 amide bonds. The summed E-state index contributed by atoms with van der Waals surface area (Å²) in [5, 5.41) is 4.41. The number of hydrogen-bond acceptors (Lipinski definition) is 4. The van der Waals surface area contributed by atoms with Gasteiger partial charge in [-0.1, -0.05) is 18.2 Å². The van der Waals surface area contributed by atoms with E-state index in [1.165, 1.54) is 7.11 Å². The number of nitrogens with zero attached hydrogens (tertiary/aromatic N) is 2. The predicted molar refractivity (Wildman–Crippen MR) is 104 cm³/mol. The maximum absolute atomic E-state index is 14.8. The van der Waals surface area contributed by atoms with E-state index in [1.54, 1.807) is 12.3 Å². The smallest absolute Gasteiger partial charge is 0.308 e. The first-order chi connectivity index (χ1) is 13.7. The van der Waals surface area contributed by atoms with Crippen molar-refractivity contribution in [3.63, 3.8) is 0 Å². The second-order valence-corrected chi connectivity index (χ2v) is 7.45. The number of aromatic nitrogens is 2. The first kappa shape index (κ1) is 18.9. The van der Waals surface area contributed by atoms with Crippen molar-refractivity contribution >= 4 is 11.5 Å². The van der Waals surface area contributed by atoms with Crippen LogP contribution < -0.4 is 0 Å². The van der Waals surface area contributed by atoms with E-state index in [0.717, 1.165) is 42.6 Å². The highest BCUT2D eigenvalue weighted by atomic mass is 19.1. The zero-order valence-electron chi connectivity index (χ0n) is 16.1. The molecule has 2 aliphatic rings. The molecule has 1 saturated heterocycles. The molecule has 0 N–H and O–H groups in total. The van der Waals surface area contributed by atoms with Crippen molar-refractivity contribution in [3.8, 4) is 11.1 Å². The van der Waals surface area contributed by atoms with Crippen molar-refractivity contribution in [1.29, 1.82) is 0 Å². The van der Waals surface area contributed by atoms with Crippen molar-refractivity contribution in [1.82, 2.24) is 9.78 Å². The molecule has 0 saturated carbocycles. The fourth-order valence-corrected chi connectivity index (χ4v) is 3.99. The highest BCUT2D eigenvalue weighted by Crippen LogP contribution is 2.34. The first-order valence-electron chi connectivity index (χ1n) is 9.88. The summed E-state index contributed by atoms with van der Waals surface area (Å²) in [5.74, 6) is -0.559. The molecule has 2 aromatic rings. The lowest BCUT2D eigenvalue weighted by atomic mass is 9.86. The Morgan fingerprint density at radius 3 is 2.86 bits per heavy atom. The fraction of sp³-hybridized carbons (Fsp3) is 0.455. The molecule has 0 radical (unpaired) electrons. The Hall–Kier alpha value is -2.47. The third-order valence-electron chi connectivity index (χ3n) is 5.65. The van der Waals surface area contributed by atoms with Crippen LogP contribution in [0.25, 0.3) is 16.7 Å². The lowest BCUT2D eigenvalue weighted by Gasteiger charge is -2.22. The van der Waals surface area contributed by atoms with Gasteiger partial charge in [0.05, 0.1) is 19.2 Å². The monoisotopic (exact) mass is 384 g/mol. The number of carbonyl (C=O) groups is 1. The molecule has 2 heterocycles. The summed E-state index contributed by atoms with van der Waals surface area (Å²) in [7, 11) is 1.41. The van der Waals surface area contributed by atoms with Gasteiger partial charge in [-0.15, -0.1) is 0 Å². The molecular formula is C22H25FN2O3. The molecule has 2 unspecified atom stereocenters. The number of methoxy groups -OCH3 is 1. The maximum Gasteiger partial charge on any atom is 0.308 e. The summed E-state index contributed by atoms with van der Waals surface area (Å²) in [5.41, 5.74) is 3.24. The van der Waals surface area contributed by atoms with E-state index in [1.807, 2.05) is 29.1 Å². The van der Waals surface area contributed by atoms with E-state index in [0.29, 0.717) is 24.8 Å². The van der Waals surface area contributed by atoms with E-state index in [9.17, 15) is 9.18 Å². The average molecular weight is 384 g/mol. The van der Waals surface area contributed by atoms with E-state index < -0.39 is 0 Å².